The molecule has 0 bridgehead atoms. The maximum Gasteiger partial charge on any atom is 0.129 e. The number of halogens is 2. The first-order chi connectivity index (χ1) is 9.02. The summed E-state index contributed by atoms with van der Waals surface area (Å²) < 4.78 is 14.9. The normalized spacial score (nSPS) is 12.7. The van der Waals surface area contributed by atoms with Gasteiger partial charge in [-0.15, -0.1) is 11.3 Å². The van der Waals surface area contributed by atoms with E-state index >= 15 is 0 Å². The summed E-state index contributed by atoms with van der Waals surface area (Å²) in [7, 11) is 0. The van der Waals surface area contributed by atoms with Gasteiger partial charge in [-0.2, -0.15) is 0 Å². The molecule has 102 valence electrons. The first kappa shape index (κ1) is 14.7. The zero-order valence-corrected chi connectivity index (χ0v) is 13.7. The molecule has 19 heavy (non-hydrogen) atoms. The Kier molecular flexibility index (Phi) is 4.76. The van der Waals surface area contributed by atoms with E-state index in [0.29, 0.717) is 5.56 Å². The van der Waals surface area contributed by atoms with Crippen molar-refractivity contribution in [1.82, 2.24) is 5.32 Å². The smallest absolute Gasteiger partial charge is 0.129 e. The second-order valence-corrected chi connectivity index (χ2v) is 6.90. The summed E-state index contributed by atoms with van der Waals surface area (Å²) in [6, 6.07) is 7.32. The van der Waals surface area contributed by atoms with Crippen LogP contribution in [0.25, 0.3) is 0 Å². The largest absolute Gasteiger partial charge is 0.306 e. The van der Waals surface area contributed by atoms with Gasteiger partial charge in [-0.25, -0.2) is 4.39 Å². The fourth-order valence-corrected chi connectivity index (χ4v) is 3.56. The number of benzene rings is 1. The van der Waals surface area contributed by atoms with Crippen LogP contribution in [0.1, 0.15) is 33.8 Å². The van der Waals surface area contributed by atoms with Gasteiger partial charge in [-0.05, 0) is 44.2 Å². The average molecular weight is 342 g/mol. The SMILES string of the molecule is CCNC(c1ccc(Br)cc1F)c1cc(C)sc1C. The molecule has 0 aliphatic heterocycles. The zero-order valence-electron chi connectivity index (χ0n) is 11.3. The summed E-state index contributed by atoms with van der Waals surface area (Å²) in [4.78, 5) is 2.50. The summed E-state index contributed by atoms with van der Waals surface area (Å²) >= 11 is 5.06. The molecule has 1 nitrogen and oxygen atoms in total. The maximum absolute atomic E-state index is 14.2. The number of hydrogen-bond acceptors (Lipinski definition) is 2. The standard InChI is InChI=1S/C15H17BrFNS/c1-4-18-15(13-7-9(2)19-10(13)3)12-6-5-11(16)8-14(12)17/h5-8,15,18H,4H2,1-3H3. The van der Waals surface area contributed by atoms with Gasteiger partial charge in [0.1, 0.15) is 5.82 Å². The van der Waals surface area contributed by atoms with Crippen LogP contribution in [-0.4, -0.2) is 6.54 Å². The van der Waals surface area contributed by atoms with Gasteiger partial charge >= 0.3 is 0 Å². The molecular formula is C15H17BrFNS. The molecule has 2 rings (SSSR count). The number of rotatable bonds is 4. The highest BCUT2D eigenvalue weighted by molar-refractivity contribution is 9.10. The van der Waals surface area contributed by atoms with E-state index in [2.05, 4.69) is 41.2 Å². The van der Waals surface area contributed by atoms with E-state index in [1.807, 2.05) is 19.1 Å². The van der Waals surface area contributed by atoms with Gasteiger partial charge in [-0.3, -0.25) is 0 Å². The van der Waals surface area contributed by atoms with Crippen LogP contribution in [0.2, 0.25) is 0 Å². The van der Waals surface area contributed by atoms with Gasteiger partial charge in [0.05, 0.1) is 6.04 Å². The van der Waals surface area contributed by atoms with Gasteiger partial charge in [0.2, 0.25) is 0 Å². The Bertz CT molecular complexity index is 580. The molecule has 0 aliphatic rings. The van der Waals surface area contributed by atoms with Crippen LogP contribution >= 0.6 is 27.3 Å². The lowest BCUT2D eigenvalue weighted by Gasteiger charge is -2.19. The molecule has 4 heteroatoms. The number of nitrogens with one attached hydrogen (secondary N) is 1. The van der Waals surface area contributed by atoms with E-state index in [1.165, 1.54) is 21.4 Å². The van der Waals surface area contributed by atoms with Crippen LogP contribution in [0.3, 0.4) is 0 Å². The Morgan fingerprint density at radius 2 is 2.00 bits per heavy atom. The van der Waals surface area contributed by atoms with E-state index < -0.39 is 0 Å². The first-order valence-electron chi connectivity index (χ1n) is 6.28. The molecule has 0 spiro atoms. The van der Waals surface area contributed by atoms with Crippen molar-refractivity contribution in [1.29, 1.82) is 0 Å². The molecule has 1 heterocycles. The van der Waals surface area contributed by atoms with Crippen LogP contribution in [-0.2, 0) is 0 Å². The minimum atomic E-state index is -0.177. The van der Waals surface area contributed by atoms with E-state index in [9.17, 15) is 4.39 Å². The van der Waals surface area contributed by atoms with Crippen LogP contribution in [0, 0.1) is 19.7 Å². The molecular weight excluding hydrogens is 325 g/mol. The predicted octanol–water partition coefficient (Wildman–Crippen LogP) is 4.97. The molecule has 0 radical (unpaired) electrons. The van der Waals surface area contributed by atoms with E-state index in [4.69, 9.17) is 0 Å². The van der Waals surface area contributed by atoms with Gasteiger partial charge in [-0.1, -0.05) is 28.9 Å². The monoisotopic (exact) mass is 341 g/mol. The number of aryl methyl sites for hydroxylation is 2. The van der Waals surface area contributed by atoms with Crippen LogP contribution in [0.5, 0.6) is 0 Å². The summed E-state index contributed by atoms with van der Waals surface area (Å²) in [5.74, 6) is -0.177. The molecule has 1 unspecified atom stereocenters. The molecule has 0 aliphatic carbocycles. The molecule has 1 aromatic carbocycles. The Morgan fingerprint density at radius 3 is 2.53 bits per heavy atom. The molecule has 0 saturated carbocycles. The Labute approximate surface area is 126 Å². The first-order valence-corrected chi connectivity index (χ1v) is 7.89. The third kappa shape index (κ3) is 3.25. The Morgan fingerprint density at radius 1 is 1.26 bits per heavy atom. The fourth-order valence-electron chi connectivity index (χ4n) is 2.26. The quantitative estimate of drug-likeness (QED) is 0.828. The van der Waals surface area contributed by atoms with Crippen molar-refractivity contribution in [2.45, 2.75) is 26.8 Å². The zero-order chi connectivity index (χ0) is 14.0. The Balaban J connectivity index is 2.48. The molecule has 0 amide bonds. The highest BCUT2D eigenvalue weighted by Gasteiger charge is 2.20. The topological polar surface area (TPSA) is 12.0 Å². The second-order valence-electron chi connectivity index (χ2n) is 4.53. The van der Waals surface area contributed by atoms with Crippen molar-refractivity contribution in [3.63, 3.8) is 0 Å². The van der Waals surface area contributed by atoms with E-state index in [1.54, 1.807) is 11.3 Å². The van der Waals surface area contributed by atoms with E-state index in [-0.39, 0.29) is 11.9 Å². The van der Waals surface area contributed by atoms with Gasteiger partial charge in [0, 0.05) is 19.8 Å². The van der Waals surface area contributed by atoms with Gasteiger partial charge < -0.3 is 5.32 Å². The van der Waals surface area contributed by atoms with E-state index in [0.717, 1.165) is 11.0 Å². The van der Waals surface area contributed by atoms with Crippen molar-refractivity contribution >= 4 is 27.3 Å². The van der Waals surface area contributed by atoms with Crippen molar-refractivity contribution in [2.24, 2.45) is 0 Å². The second kappa shape index (κ2) is 6.16. The lowest BCUT2D eigenvalue weighted by atomic mass is 9.98. The van der Waals surface area contributed by atoms with Gasteiger partial charge in [0.25, 0.3) is 0 Å². The summed E-state index contributed by atoms with van der Waals surface area (Å²) in [5, 5.41) is 3.38. The number of hydrogen-bond donors (Lipinski definition) is 1. The minimum Gasteiger partial charge on any atom is -0.306 e. The van der Waals surface area contributed by atoms with Gasteiger partial charge in [0.15, 0.2) is 0 Å². The molecule has 2 aromatic rings. The van der Waals surface area contributed by atoms with Crippen molar-refractivity contribution in [2.75, 3.05) is 6.54 Å². The summed E-state index contributed by atoms with van der Waals surface area (Å²) in [6.07, 6.45) is 0. The van der Waals surface area contributed by atoms with Crippen LogP contribution in [0.4, 0.5) is 4.39 Å². The molecule has 1 aromatic heterocycles. The Hall–Kier alpha value is -0.710. The fraction of sp³-hybridized carbons (Fsp3) is 0.333. The minimum absolute atomic E-state index is 0.0805. The van der Waals surface area contributed by atoms with Crippen molar-refractivity contribution in [3.8, 4) is 0 Å². The average Bonchev–Trinajstić information content (AvgIpc) is 2.66. The maximum atomic E-state index is 14.2. The molecule has 0 saturated heterocycles. The van der Waals surface area contributed by atoms with Crippen molar-refractivity contribution in [3.05, 3.63) is 55.4 Å². The number of thiophene rings is 1. The van der Waals surface area contributed by atoms with Crippen LogP contribution in [0.15, 0.2) is 28.7 Å². The molecule has 1 atom stereocenters. The van der Waals surface area contributed by atoms with Crippen molar-refractivity contribution < 1.29 is 4.39 Å². The predicted molar refractivity (Wildman–Crippen MR) is 83.4 cm³/mol. The lowest BCUT2D eigenvalue weighted by molar-refractivity contribution is 0.558. The third-order valence-corrected chi connectivity index (χ3v) is 4.55. The molecule has 1 N–H and O–H groups in total. The van der Waals surface area contributed by atoms with Crippen LogP contribution < -0.4 is 5.32 Å². The highest BCUT2D eigenvalue weighted by atomic mass is 79.9. The molecule has 0 fully saturated rings. The third-order valence-electron chi connectivity index (χ3n) is 3.07. The summed E-state index contributed by atoms with van der Waals surface area (Å²) in [6.45, 7) is 7.02. The lowest BCUT2D eigenvalue weighted by Crippen LogP contribution is -2.23. The highest BCUT2D eigenvalue weighted by Crippen LogP contribution is 2.32. The summed E-state index contributed by atoms with van der Waals surface area (Å²) in [5.41, 5.74) is 1.87.